The SMILES string of the molecule is CCc1nc2ccc(C)cn2c1N(C)/C(=N/CBr)SC. The summed E-state index contributed by atoms with van der Waals surface area (Å²) >= 11 is 5.01. The van der Waals surface area contributed by atoms with Crippen molar-refractivity contribution in [2.45, 2.75) is 20.3 Å². The molecular weight excluding hydrogens is 336 g/mol. The number of halogens is 1. The number of aryl methyl sites for hydroxylation is 2. The molecule has 0 fully saturated rings. The summed E-state index contributed by atoms with van der Waals surface area (Å²) in [4.78, 5) is 11.3. The topological polar surface area (TPSA) is 32.9 Å². The van der Waals surface area contributed by atoms with E-state index in [2.05, 4.69) is 62.4 Å². The summed E-state index contributed by atoms with van der Waals surface area (Å²) in [5, 5.41) is 0.972. The van der Waals surface area contributed by atoms with Crippen molar-refractivity contribution in [3.05, 3.63) is 29.6 Å². The number of pyridine rings is 1. The van der Waals surface area contributed by atoms with Crippen LogP contribution >= 0.6 is 27.7 Å². The molecule has 2 heterocycles. The normalized spacial score (nSPS) is 12.2. The minimum atomic E-state index is 0.602. The van der Waals surface area contributed by atoms with Crippen molar-refractivity contribution in [2.75, 3.05) is 23.7 Å². The largest absolute Gasteiger partial charge is 0.308 e. The van der Waals surface area contributed by atoms with Crippen LogP contribution in [0.15, 0.2) is 23.3 Å². The molecule has 4 nitrogen and oxygen atoms in total. The van der Waals surface area contributed by atoms with E-state index in [1.165, 1.54) is 5.56 Å². The molecule has 0 radical (unpaired) electrons. The highest BCUT2D eigenvalue weighted by molar-refractivity contribution is 9.09. The second-order valence-corrected chi connectivity index (χ2v) is 5.77. The quantitative estimate of drug-likeness (QED) is 0.364. The lowest BCUT2D eigenvalue weighted by atomic mass is 10.3. The Morgan fingerprint density at radius 1 is 1.50 bits per heavy atom. The molecule has 2 aromatic heterocycles. The Morgan fingerprint density at radius 3 is 2.85 bits per heavy atom. The fourth-order valence-electron chi connectivity index (χ4n) is 2.23. The highest BCUT2D eigenvalue weighted by atomic mass is 79.9. The van der Waals surface area contributed by atoms with Gasteiger partial charge >= 0.3 is 0 Å². The third kappa shape index (κ3) is 2.86. The summed E-state index contributed by atoms with van der Waals surface area (Å²) in [6, 6.07) is 4.15. The van der Waals surface area contributed by atoms with E-state index in [-0.39, 0.29) is 0 Å². The van der Waals surface area contributed by atoms with Crippen molar-refractivity contribution in [2.24, 2.45) is 4.99 Å². The van der Waals surface area contributed by atoms with Crippen LogP contribution in [0.3, 0.4) is 0 Å². The standard InChI is InChI=1S/C14H19BrN4S/c1-5-11-13(18(3)14(20-4)16-9-15)19-8-10(2)6-7-12(19)17-11/h6-8H,5,9H2,1-4H3/b16-14-. The van der Waals surface area contributed by atoms with Crippen LogP contribution in [0.4, 0.5) is 5.82 Å². The van der Waals surface area contributed by atoms with Crippen LogP contribution in [-0.4, -0.2) is 33.3 Å². The number of rotatable bonds is 3. The molecule has 0 aliphatic carbocycles. The zero-order chi connectivity index (χ0) is 14.7. The van der Waals surface area contributed by atoms with Crippen molar-refractivity contribution in [1.82, 2.24) is 9.38 Å². The smallest absolute Gasteiger partial charge is 0.165 e. The first-order valence-corrected chi connectivity index (χ1v) is 8.82. The van der Waals surface area contributed by atoms with E-state index in [9.17, 15) is 0 Å². The number of alkyl halides is 1. The average molecular weight is 355 g/mol. The van der Waals surface area contributed by atoms with E-state index in [0.29, 0.717) is 5.45 Å². The Labute approximate surface area is 132 Å². The van der Waals surface area contributed by atoms with Gasteiger partial charge in [-0.05, 0) is 31.2 Å². The first-order valence-electron chi connectivity index (χ1n) is 6.48. The lowest BCUT2D eigenvalue weighted by molar-refractivity contribution is 1.03. The molecule has 6 heteroatoms. The highest BCUT2D eigenvalue weighted by Gasteiger charge is 2.18. The Kier molecular flexibility index (Phi) is 5.10. The number of hydrogen-bond donors (Lipinski definition) is 0. The molecule has 0 saturated heterocycles. The predicted octanol–water partition coefficient (Wildman–Crippen LogP) is 3.71. The van der Waals surface area contributed by atoms with E-state index < -0.39 is 0 Å². The molecule has 0 bridgehead atoms. The van der Waals surface area contributed by atoms with Gasteiger partial charge in [0.2, 0.25) is 0 Å². The summed E-state index contributed by atoms with van der Waals surface area (Å²) in [5.41, 5.74) is 3.89. The van der Waals surface area contributed by atoms with Gasteiger partial charge in [-0.15, -0.1) is 0 Å². The molecule has 2 aromatic rings. The van der Waals surface area contributed by atoms with Gasteiger partial charge in [0.15, 0.2) is 5.17 Å². The Bertz CT molecular complexity index is 635. The molecule has 20 heavy (non-hydrogen) atoms. The highest BCUT2D eigenvalue weighted by Crippen LogP contribution is 2.25. The van der Waals surface area contributed by atoms with Crippen LogP contribution in [0.25, 0.3) is 5.65 Å². The molecule has 0 saturated carbocycles. The van der Waals surface area contributed by atoms with E-state index in [0.717, 1.165) is 28.7 Å². The van der Waals surface area contributed by atoms with Crippen molar-refractivity contribution < 1.29 is 0 Å². The maximum atomic E-state index is 4.72. The fourth-order valence-corrected chi connectivity index (χ4v) is 3.19. The molecule has 108 valence electrons. The number of fused-ring (bicyclic) bond motifs is 1. The molecule has 0 unspecified atom stereocenters. The van der Waals surface area contributed by atoms with Gasteiger partial charge < -0.3 is 4.90 Å². The van der Waals surface area contributed by atoms with Crippen molar-refractivity contribution in [3.63, 3.8) is 0 Å². The molecule has 0 spiro atoms. The van der Waals surface area contributed by atoms with Gasteiger partial charge in [-0.25, -0.2) is 4.98 Å². The number of amidine groups is 1. The Morgan fingerprint density at radius 2 is 2.25 bits per heavy atom. The summed E-state index contributed by atoms with van der Waals surface area (Å²) in [6.07, 6.45) is 5.06. The number of aliphatic imine (C=N–C) groups is 1. The van der Waals surface area contributed by atoms with Crippen LogP contribution in [0.2, 0.25) is 0 Å². The van der Waals surface area contributed by atoms with Gasteiger partial charge in [-0.2, -0.15) is 0 Å². The van der Waals surface area contributed by atoms with Crippen LogP contribution in [0, 0.1) is 6.92 Å². The lowest BCUT2D eigenvalue weighted by Gasteiger charge is -2.20. The van der Waals surface area contributed by atoms with E-state index in [4.69, 9.17) is 4.98 Å². The van der Waals surface area contributed by atoms with E-state index in [1.807, 2.05) is 13.3 Å². The Hall–Kier alpha value is -1.01. The minimum absolute atomic E-state index is 0.602. The second kappa shape index (κ2) is 6.63. The summed E-state index contributed by atoms with van der Waals surface area (Å²) < 4.78 is 2.15. The third-order valence-corrected chi connectivity index (χ3v) is 4.15. The fraction of sp³-hybridized carbons (Fsp3) is 0.429. The lowest BCUT2D eigenvalue weighted by Crippen LogP contribution is -2.26. The third-order valence-electron chi connectivity index (χ3n) is 3.13. The molecule has 0 N–H and O–H groups in total. The Balaban J connectivity index is 2.61. The van der Waals surface area contributed by atoms with Gasteiger partial charge in [0.25, 0.3) is 0 Å². The van der Waals surface area contributed by atoms with Gasteiger partial charge in [-0.1, -0.05) is 40.7 Å². The van der Waals surface area contributed by atoms with Gasteiger partial charge in [0.1, 0.15) is 11.5 Å². The maximum Gasteiger partial charge on any atom is 0.165 e. The molecule has 0 aliphatic rings. The number of imidazole rings is 1. The zero-order valence-corrected chi connectivity index (χ0v) is 14.6. The first kappa shape index (κ1) is 15.4. The maximum absolute atomic E-state index is 4.72. The van der Waals surface area contributed by atoms with E-state index in [1.54, 1.807) is 11.8 Å². The first-order chi connectivity index (χ1) is 9.62. The van der Waals surface area contributed by atoms with Crippen molar-refractivity contribution >= 4 is 44.3 Å². The van der Waals surface area contributed by atoms with Crippen LogP contribution in [-0.2, 0) is 6.42 Å². The number of aromatic nitrogens is 2. The minimum Gasteiger partial charge on any atom is -0.308 e. The number of hydrogen-bond acceptors (Lipinski definition) is 3. The second-order valence-electron chi connectivity index (χ2n) is 4.49. The predicted molar refractivity (Wildman–Crippen MR) is 92.5 cm³/mol. The van der Waals surface area contributed by atoms with Crippen molar-refractivity contribution in [3.8, 4) is 0 Å². The molecular formula is C14H19BrN4S. The van der Waals surface area contributed by atoms with Gasteiger partial charge in [0.05, 0.1) is 11.1 Å². The molecule has 0 aliphatic heterocycles. The van der Waals surface area contributed by atoms with Gasteiger partial charge in [0, 0.05) is 13.2 Å². The van der Waals surface area contributed by atoms with Crippen molar-refractivity contribution in [1.29, 1.82) is 0 Å². The molecule has 0 aromatic carbocycles. The number of thioether (sulfide) groups is 1. The number of nitrogens with zero attached hydrogens (tertiary/aromatic N) is 4. The van der Waals surface area contributed by atoms with Crippen LogP contribution in [0.1, 0.15) is 18.2 Å². The average Bonchev–Trinajstić information content (AvgIpc) is 2.81. The van der Waals surface area contributed by atoms with Crippen LogP contribution < -0.4 is 4.90 Å². The van der Waals surface area contributed by atoms with Crippen LogP contribution in [0.5, 0.6) is 0 Å². The summed E-state index contributed by atoms with van der Waals surface area (Å²) in [6.45, 7) is 4.23. The summed E-state index contributed by atoms with van der Waals surface area (Å²) in [7, 11) is 2.04. The molecule has 0 atom stereocenters. The van der Waals surface area contributed by atoms with Gasteiger partial charge in [-0.3, -0.25) is 9.39 Å². The van der Waals surface area contributed by atoms with E-state index >= 15 is 0 Å². The molecule has 0 amide bonds. The monoisotopic (exact) mass is 354 g/mol. The zero-order valence-electron chi connectivity index (χ0n) is 12.2. The molecule has 2 rings (SSSR count). The summed E-state index contributed by atoms with van der Waals surface area (Å²) in [5.74, 6) is 1.10. The number of anilines is 1.